The molecule has 3 heterocycles. The monoisotopic (exact) mass is 444 g/mol. The predicted octanol–water partition coefficient (Wildman–Crippen LogP) is 1.90. The normalized spacial score (nSPS) is 15.0. The van der Waals surface area contributed by atoms with Gasteiger partial charge in [0.1, 0.15) is 23.3 Å². The van der Waals surface area contributed by atoms with Crippen molar-refractivity contribution in [1.82, 2.24) is 24.4 Å². The van der Waals surface area contributed by atoms with Crippen molar-refractivity contribution in [3.05, 3.63) is 33.2 Å². The van der Waals surface area contributed by atoms with Crippen LogP contribution in [-0.4, -0.2) is 42.6 Å². The van der Waals surface area contributed by atoms with Gasteiger partial charge in [-0.15, -0.1) is 0 Å². The highest BCUT2D eigenvalue weighted by atomic mass is 79.9. The molecule has 0 aromatic carbocycles. The SMILES string of the molecule is Cc1nn2c(N)c(C#N)c(NCCc3cc(C)n(C4(CO)CC4)n3)nc2c1Br. The number of halogens is 1. The first-order valence-electron chi connectivity index (χ1n) is 9.05. The molecule has 0 bridgehead atoms. The van der Waals surface area contributed by atoms with E-state index >= 15 is 0 Å². The topological polar surface area (TPSA) is 130 Å². The van der Waals surface area contributed by atoms with Crippen LogP contribution in [0.2, 0.25) is 0 Å². The van der Waals surface area contributed by atoms with Gasteiger partial charge in [-0.25, -0.2) is 4.98 Å². The number of nitrogens with two attached hydrogens (primary N) is 1. The number of nitrogens with one attached hydrogen (secondary N) is 1. The minimum Gasteiger partial charge on any atom is -0.394 e. The highest BCUT2D eigenvalue weighted by Gasteiger charge is 2.45. The summed E-state index contributed by atoms with van der Waals surface area (Å²) in [5.41, 5.74) is 9.47. The lowest BCUT2D eigenvalue weighted by Crippen LogP contribution is -2.24. The van der Waals surface area contributed by atoms with Crippen molar-refractivity contribution in [2.75, 3.05) is 24.2 Å². The second-order valence-electron chi connectivity index (χ2n) is 7.22. The molecule has 28 heavy (non-hydrogen) atoms. The molecule has 0 saturated heterocycles. The molecule has 3 aromatic rings. The summed E-state index contributed by atoms with van der Waals surface area (Å²) >= 11 is 3.47. The van der Waals surface area contributed by atoms with Crippen LogP contribution in [0.15, 0.2) is 10.5 Å². The zero-order chi connectivity index (χ0) is 20.1. The zero-order valence-corrected chi connectivity index (χ0v) is 17.3. The number of nitrogen functional groups attached to an aromatic ring is 1. The fraction of sp³-hybridized carbons (Fsp3) is 0.444. The lowest BCUT2D eigenvalue weighted by molar-refractivity contribution is 0.200. The minimum absolute atomic E-state index is 0.113. The summed E-state index contributed by atoms with van der Waals surface area (Å²) < 4.78 is 4.16. The summed E-state index contributed by atoms with van der Waals surface area (Å²) in [4.78, 5) is 4.52. The van der Waals surface area contributed by atoms with Gasteiger partial charge in [0.15, 0.2) is 5.65 Å². The Morgan fingerprint density at radius 3 is 2.79 bits per heavy atom. The Hall–Kier alpha value is -2.64. The Balaban J connectivity index is 1.54. The Morgan fingerprint density at radius 2 is 2.14 bits per heavy atom. The maximum atomic E-state index is 9.63. The molecule has 1 aliphatic rings. The van der Waals surface area contributed by atoms with Gasteiger partial charge in [-0.05, 0) is 48.7 Å². The van der Waals surface area contributed by atoms with E-state index in [1.165, 1.54) is 4.52 Å². The molecule has 4 N–H and O–H groups in total. The van der Waals surface area contributed by atoms with Crippen LogP contribution in [0.25, 0.3) is 5.65 Å². The molecule has 146 valence electrons. The van der Waals surface area contributed by atoms with E-state index in [-0.39, 0.29) is 23.5 Å². The molecule has 3 aromatic heterocycles. The minimum atomic E-state index is -0.211. The quantitative estimate of drug-likeness (QED) is 0.528. The number of aliphatic hydroxyl groups is 1. The fourth-order valence-corrected chi connectivity index (χ4v) is 3.75. The van der Waals surface area contributed by atoms with Crippen molar-refractivity contribution < 1.29 is 5.11 Å². The van der Waals surface area contributed by atoms with Crippen LogP contribution in [0.5, 0.6) is 0 Å². The first-order valence-corrected chi connectivity index (χ1v) is 9.84. The average Bonchev–Trinajstić information content (AvgIpc) is 3.31. The Morgan fingerprint density at radius 1 is 1.39 bits per heavy atom. The molecular weight excluding hydrogens is 424 g/mol. The molecule has 1 aliphatic carbocycles. The Kier molecular flexibility index (Phi) is 4.51. The highest BCUT2D eigenvalue weighted by molar-refractivity contribution is 9.10. The van der Waals surface area contributed by atoms with Gasteiger partial charge in [-0.3, -0.25) is 4.68 Å². The molecule has 9 nitrogen and oxygen atoms in total. The standard InChI is InChI=1S/C18H21BrN8O/c1-10-7-12(25-27(10)18(9-28)4-5-18)3-6-22-16-13(8-20)15(21)26-17(23-16)14(19)11(2)24-26/h7,28H,3-6,9,21H2,1-2H3,(H,22,23). The molecule has 0 radical (unpaired) electrons. The maximum Gasteiger partial charge on any atom is 0.174 e. The van der Waals surface area contributed by atoms with E-state index in [1.807, 2.05) is 24.6 Å². The van der Waals surface area contributed by atoms with Crippen molar-refractivity contribution in [1.29, 1.82) is 5.26 Å². The van der Waals surface area contributed by atoms with E-state index in [2.05, 4.69) is 42.5 Å². The average molecular weight is 445 g/mol. The molecule has 0 unspecified atom stereocenters. The van der Waals surface area contributed by atoms with Crippen molar-refractivity contribution in [2.45, 2.75) is 38.6 Å². The van der Waals surface area contributed by atoms with E-state index in [1.54, 1.807) is 0 Å². The number of nitriles is 1. The zero-order valence-electron chi connectivity index (χ0n) is 15.7. The number of aryl methyl sites for hydroxylation is 2. The van der Waals surface area contributed by atoms with Crippen LogP contribution in [0.3, 0.4) is 0 Å². The van der Waals surface area contributed by atoms with E-state index in [0.29, 0.717) is 24.4 Å². The number of anilines is 2. The highest BCUT2D eigenvalue weighted by Crippen LogP contribution is 2.43. The molecule has 0 atom stereocenters. The number of aliphatic hydroxyl groups excluding tert-OH is 1. The second kappa shape index (κ2) is 6.76. The largest absolute Gasteiger partial charge is 0.394 e. The second-order valence-corrected chi connectivity index (χ2v) is 8.01. The van der Waals surface area contributed by atoms with Crippen LogP contribution in [0.1, 0.15) is 35.5 Å². The van der Waals surface area contributed by atoms with Gasteiger partial charge in [0, 0.05) is 18.7 Å². The predicted molar refractivity (Wildman–Crippen MR) is 108 cm³/mol. The van der Waals surface area contributed by atoms with E-state index in [9.17, 15) is 10.4 Å². The number of aromatic nitrogens is 5. The molecule has 1 saturated carbocycles. The molecule has 10 heteroatoms. The first-order chi connectivity index (χ1) is 13.4. The molecule has 0 spiro atoms. The van der Waals surface area contributed by atoms with Gasteiger partial charge >= 0.3 is 0 Å². The maximum absolute atomic E-state index is 9.63. The third kappa shape index (κ3) is 2.91. The van der Waals surface area contributed by atoms with Gasteiger partial charge in [0.2, 0.25) is 0 Å². The third-order valence-electron chi connectivity index (χ3n) is 5.20. The van der Waals surface area contributed by atoms with Crippen LogP contribution >= 0.6 is 15.9 Å². The van der Waals surface area contributed by atoms with Gasteiger partial charge in [-0.2, -0.15) is 20.0 Å². The van der Waals surface area contributed by atoms with Gasteiger partial charge in [-0.1, -0.05) is 0 Å². The van der Waals surface area contributed by atoms with Gasteiger partial charge < -0.3 is 16.2 Å². The van der Waals surface area contributed by atoms with Crippen molar-refractivity contribution in [2.24, 2.45) is 0 Å². The summed E-state index contributed by atoms with van der Waals surface area (Å²) in [6, 6.07) is 4.14. The van der Waals surface area contributed by atoms with Crippen molar-refractivity contribution in [3.8, 4) is 6.07 Å². The van der Waals surface area contributed by atoms with Gasteiger partial charge in [0.05, 0.1) is 28.0 Å². The number of hydrogen-bond donors (Lipinski definition) is 3. The fourth-order valence-electron chi connectivity index (χ4n) is 3.42. The molecule has 0 amide bonds. The van der Waals surface area contributed by atoms with E-state index < -0.39 is 0 Å². The summed E-state index contributed by atoms with van der Waals surface area (Å²) in [6.45, 7) is 4.50. The smallest absolute Gasteiger partial charge is 0.174 e. The summed E-state index contributed by atoms with van der Waals surface area (Å²) in [5.74, 6) is 0.681. The van der Waals surface area contributed by atoms with E-state index in [0.717, 1.165) is 34.4 Å². The Labute approximate surface area is 170 Å². The number of fused-ring (bicyclic) bond motifs is 1. The van der Waals surface area contributed by atoms with Crippen LogP contribution < -0.4 is 11.1 Å². The third-order valence-corrected chi connectivity index (χ3v) is 6.13. The Bertz CT molecular complexity index is 1110. The number of nitrogens with zero attached hydrogens (tertiary/aromatic N) is 6. The first kappa shape index (κ1) is 18.7. The van der Waals surface area contributed by atoms with Crippen LogP contribution in [0.4, 0.5) is 11.6 Å². The van der Waals surface area contributed by atoms with E-state index in [4.69, 9.17) is 5.73 Å². The van der Waals surface area contributed by atoms with Crippen molar-refractivity contribution >= 4 is 33.2 Å². The summed E-state index contributed by atoms with van der Waals surface area (Å²) in [6.07, 6.45) is 2.57. The number of rotatable bonds is 6. The molecule has 4 rings (SSSR count). The summed E-state index contributed by atoms with van der Waals surface area (Å²) in [5, 5.41) is 31.3. The molecule has 1 fully saturated rings. The number of hydrogen-bond acceptors (Lipinski definition) is 7. The lowest BCUT2D eigenvalue weighted by atomic mass is 10.2. The van der Waals surface area contributed by atoms with Crippen LogP contribution in [0, 0.1) is 25.2 Å². The van der Waals surface area contributed by atoms with Crippen molar-refractivity contribution in [3.63, 3.8) is 0 Å². The summed E-state index contributed by atoms with van der Waals surface area (Å²) in [7, 11) is 0. The lowest BCUT2D eigenvalue weighted by Gasteiger charge is -2.14. The molecular formula is C18H21BrN8O. The molecule has 0 aliphatic heterocycles. The van der Waals surface area contributed by atoms with Gasteiger partial charge in [0.25, 0.3) is 0 Å². The van der Waals surface area contributed by atoms with Crippen LogP contribution in [-0.2, 0) is 12.0 Å².